The lowest BCUT2D eigenvalue weighted by Crippen LogP contribution is -2.37. The van der Waals surface area contributed by atoms with Gasteiger partial charge in [0.05, 0.1) is 6.54 Å². The van der Waals surface area contributed by atoms with Gasteiger partial charge in [-0.1, -0.05) is 0 Å². The molecule has 12 heavy (non-hydrogen) atoms. The Morgan fingerprint density at radius 1 is 1.83 bits per heavy atom. The van der Waals surface area contributed by atoms with Gasteiger partial charge in [0.15, 0.2) is 0 Å². The van der Waals surface area contributed by atoms with Crippen LogP contribution in [0.15, 0.2) is 11.9 Å². The molecule has 0 aromatic carbocycles. The van der Waals surface area contributed by atoms with Crippen LogP contribution in [0.2, 0.25) is 0 Å². The molecular formula is C7H11N3O2. The summed E-state index contributed by atoms with van der Waals surface area (Å²) >= 11 is 0. The standard InChI is InChI=1S/C7H11N3O2/c8-6-2-1-3-10(6)7(12)4-9-5-11/h2,5H,1,3-4,8H2,(H,9,11). The van der Waals surface area contributed by atoms with E-state index in [2.05, 4.69) is 5.32 Å². The van der Waals surface area contributed by atoms with E-state index < -0.39 is 0 Å². The number of hydrogen-bond donors (Lipinski definition) is 2. The molecule has 0 atom stereocenters. The molecule has 3 N–H and O–H groups in total. The summed E-state index contributed by atoms with van der Waals surface area (Å²) in [7, 11) is 0. The van der Waals surface area contributed by atoms with Crippen molar-refractivity contribution in [2.24, 2.45) is 5.73 Å². The van der Waals surface area contributed by atoms with Crippen molar-refractivity contribution >= 4 is 12.3 Å². The van der Waals surface area contributed by atoms with Gasteiger partial charge < -0.3 is 11.1 Å². The van der Waals surface area contributed by atoms with Gasteiger partial charge in [-0.15, -0.1) is 0 Å². The summed E-state index contributed by atoms with van der Waals surface area (Å²) in [4.78, 5) is 22.5. The minimum Gasteiger partial charge on any atom is -0.385 e. The fourth-order valence-corrected chi connectivity index (χ4v) is 1.07. The number of nitrogens with zero attached hydrogens (tertiary/aromatic N) is 1. The Bertz CT molecular complexity index is 225. The lowest BCUT2D eigenvalue weighted by molar-refractivity contribution is -0.129. The molecule has 0 radical (unpaired) electrons. The monoisotopic (exact) mass is 169 g/mol. The van der Waals surface area contributed by atoms with E-state index in [4.69, 9.17) is 5.73 Å². The molecule has 0 aliphatic carbocycles. The summed E-state index contributed by atoms with van der Waals surface area (Å²) < 4.78 is 0. The van der Waals surface area contributed by atoms with Crippen molar-refractivity contribution in [1.82, 2.24) is 10.2 Å². The van der Waals surface area contributed by atoms with Gasteiger partial charge in [-0.3, -0.25) is 14.5 Å². The highest BCUT2D eigenvalue weighted by molar-refractivity contribution is 5.81. The quantitative estimate of drug-likeness (QED) is 0.519. The van der Waals surface area contributed by atoms with Crippen molar-refractivity contribution in [3.8, 4) is 0 Å². The van der Waals surface area contributed by atoms with Crippen LogP contribution >= 0.6 is 0 Å². The number of amides is 2. The Hall–Kier alpha value is -1.52. The molecule has 1 rings (SSSR count). The van der Waals surface area contributed by atoms with Gasteiger partial charge in [0, 0.05) is 6.54 Å². The van der Waals surface area contributed by atoms with E-state index in [9.17, 15) is 9.59 Å². The topological polar surface area (TPSA) is 75.4 Å². The zero-order valence-electron chi connectivity index (χ0n) is 6.62. The molecule has 0 saturated heterocycles. The number of rotatable bonds is 3. The summed E-state index contributed by atoms with van der Waals surface area (Å²) in [6.45, 7) is 0.628. The Labute approximate surface area is 70.2 Å². The molecule has 66 valence electrons. The Morgan fingerprint density at radius 3 is 3.08 bits per heavy atom. The SMILES string of the molecule is NC1=CCCN1C(=O)CNC=O. The lowest BCUT2D eigenvalue weighted by atomic mass is 10.4. The summed E-state index contributed by atoms with van der Waals surface area (Å²) in [5.74, 6) is 0.307. The number of nitrogens with one attached hydrogen (secondary N) is 1. The summed E-state index contributed by atoms with van der Waals surface area (Å²) in [5.41, 5.74) is 5.50. The van der Waals surface area contributed by atoms with E-state index in [1.54, 1.807) is 6.08 Å². The van der Waals surface area contributed by atoms with Crippen LogP contribution in [0.4, 0.5) is 0 Å². The maximum Gasteiger partial charge on any atom is 0.247 e. The first-order valence-electron chi connectivity index (χ1n) is 3.68. The smallest absolute Gasteiger partial charge is 0.247 e. The van der Waals surface area contributed by atoms with E-state index >= 15 is 0 Å². The number of nitrogens with two attached hydrogens (primary N) is 1. The predicted molar refractivity (Wildman–Crippen MR) is 42.7 cm³/mol. The molecule has 5 heteroatoms. The first-order valence-corrected chi connectivity index (χ1v) is 3.68. The third kappa shape index (κ3) is 1.75. The molecular weight excluding hydrogens is 158 g/mol. The van der Waals surface area contributed by atoms with Crippen LogP contribution in [0.5, 0.6) is 0 Å². The zero-order chi connectivity index (χ0) is 8.97. The number of carbonyl (C=O) groups excluding carboxylic acids is 2. The molecule has 0 fully saturated rings. The molecule has 0 spiro atoms. The van der Waals surface area contributed by atoms with E-state index in [0.717, 1.165) is 6.42 Å². The van der Waals surface area contributed by atoms with Gasteiger partial charge in [-0.05, 0) is 12.5 Å². The molecule has 0 aromatic heterocycles. The van der Waals surface area contributed by atoms with Crippen LogP contribution in [-0.4, -0.2) is 30.3 Å². The van der Waals surface area contributed by atoms with Crippen LogP contribution in [0.25, 0.3) is 0 Å². The molecule has 0 saturated carbocycles. The molecule has 0 aromatic rings. The van der Waals surface area contributed by atoms with Crippen molar-refractivity contribution in [3.05, 3.63) is 11.9 Å². The second-order valence-electron chi connectivity index (χ2n) is 2.46. The summed E-state index contributed by atoms with van der Waals surface area (Å²) in [5, 5.41) is 2.29. The molecule has 5 nitrogen and oxygen atoms in total. The maximum atomic E-state index is 11.2. The van der Waals surface area contributed by atoms with E-state index in [-0.39, 0.29) is 12.5 Å². The average Bonchev–Trinajstić information content (AvgIpc) is 2.47. The van der Waals surface area contributed by atoms with Crippen LogP contribution in [0.1, 0.15) is 6.42 Å². The first kappa shape index (κ1) is 8.58. The minimum absolute atomic E-state index is 0.0119. The van der Waals surface area contributed by atoms with Gasteiger partial charge >= 0.3 is 0 Å². The number of hydrogen-bond acceptors (Lipinski definition) is 3. The van der Waals surface area contributed by atoms with Gasteiger partial charge in [-0.25, -0.2) is 0 Å². The van der Waals surface area contributed by atoms with E-state index in [1.165, 1.54) is 4.90 Å². The van der Waals surface area contributed by atoms with E-state index in [0.29, 0.717) is 18.8 Å². The van der Waals surface area contributed by atoms with Crippen LogP contribution in [-0.2, 0) is 9.59 Å². The van der Waals surface area contributed by atoms with Crippen LogP contribution < -0.4 is 11.1 Å². The first-order chi connectivity index (χ1) is 5.75. The van der Waals surface area contributed by atoms with Gasteiger partial charge in [0.2, 0.25) is 12.3 Å². The molecule has 2 amide bonds. The summed E-state index contributed by atoms with van der Waals surface area (Å²) in [6, 6.07) is 0. The molecule has 1 aliphatic heterocycles. The largest absolute Gasteiger partial charge is 0.385 e. The molecule has 1 aliphatic rings. The average molecular weight is 169 g/mol. The highest BCUT2D eigenvalue weighted by Gasteiger charge is 2.18. The third-order valence-corrected chi connectivity index (χ3v) is 1.66. The fraction of sp³-hybridized carbons (Fsp3) is 0.429. The van der Waals surface area contributed by atoms with Crippen molar-refractivity contribution in [3.63, 3.8) is 0 Å². The highest BCUT2D eigenvalue weighted by atomic mass is 16.2. The molecule has 1 heterocycles. The highest BCUT2D eigenvalue weighted by Crippen LogP contribution is 2.08. The van der Waals surface area contributed by atoms with Crippen molar-refractivity contribution in [2.45, 2.75) is 6.42 Å². The van der Waals surface area contributed by atoms with Crippen molar-refractivity contribution < 1.29 is 9.59 Å². The summed E-state index contributed by atoms with van der Waals surface area (Å²) in [6.07, 6.45) is 3.07. The zero-order valence-corrected chi connectivity index (χ0v) is 6.62. The van der Waals surface area contributed by atoms with Crippen LogP contribution in [0.3, 0.4) is 0 Å². The maximum absolute atomic E-state index is 11.2. The minimum atomic E-state index is -0.173. The second kappa shape index (κ2) is 3.75. The van der Waals surface area contributed by atoms with Crippen molar-refractivity contribution in [2.75, 3.05) is 13.1 Å². The Morgan fingerprint density at radius 2 is 2.58 bits per heavy atom. The van der Waals surface area contributed by atoms with Gasteiger partial charge in [0.1, 0.15) is 5.82 Å². The second-order valence-corrected chi connectivity index (χ2v) is 2.46. The van der Waals surface area contributed by atoms with Gasteiger partial charge in [-0.2, -0.15) is 0 Å². The normalized spacial score (nSPS) is 15.7. The predicted octanol–water partition coefficient (Wildman–Crippen LogP) is -1.24. The fourth-order valence-electron chi connectivity index (χ4n) is 1.07. The van der Waals surface area contributed by atoms with Gasteiger partial charge in [0.25, 0.3) is 0 Å². The van der Waals surface area contributed by atoms with E-state index in [1.807, 2.05) is 0 Å². The Balaban J connectivity index is 2.42. The lowest BCUT2D eigenvalue weighted by Gasteiger charge is -2.16. The third-order valence-electron chi connectivity index (χ3n) is 1.66. The Kier molecular flexibility index (Phi) is 2.68. The van der Waals surface area contributed by atoms with Crippen LogP contribution in [0, 0.1) is 0 Å². The van der Waals surface area contributed by atoms with Crippen molar-refractivity contribution in [1.29, 1.82) is 0 Å². The molecule has 0 bridgehead atoms. The number of carbonyl (C=O) groups is 2. The molecule has 0 unspecified atom stereocenters.